The summed E-state index contributed by atoms with van der Waals surface area (Å²) < 4.78 is 0. The van der Waals surface area contributed by atoms with Crippen molar-refractivity contribution in [2.24, 2.45) is 11.5 Å². The molecule has 0 aliphatic rings. The van der Waals surface area contributed by atoms with E-state index < -0.39 is 29.9 Å². The van der Waals surface area contributed by atoms with Crippen molar-refractivity contribution in [2.75, 3.05) is 18.1 Å². The van der Waals surface area contributed by atoms with Crippen LogP contribution in [0, 0.1) is 0 Å². The predicted molar refractivity (Wildman–Crippen MR) is 69.1 cm³/mol. The first-order chi connectivity index (χ1) is 8.38. The molecule has 0 rings (SSSR count). The number of carboxylic acids is 2. The van der Waals surface area contributed by atoms with Gasteiger partial charge in [0.1, 0.15) is 12.1 Å². The third kappa shape index (κ3) is 7.37. The molecule has 0 aromatic carbocycles. The van der Waals surface area contributed by atoms with Gasteiger partial charge in [-0.05, 0) is 0 Å². The smallest absolute Gasteiger partial charge is 0.327 e. The summed E-state index contributed by atoms with van der Waals surface area (Å²) in [6, 6.07) is -2.05. The maximum Gasteiger partial charge on any atom is 0.327 e. The number of rotatable bonds is 9. The van der Waals surface area contributed by atoms with Crippen LogP contribution in [-0.4, -0.2) is 58.2 Å². The standard InChI is InChI=1S/C8H15N3O5S2/c9-1-6(12)11-5(8(15)16)3-18-17-2-4(10)7(13)14/h4-5H,1-3,9-10H2,(H,11,12)(H,13,14)(H,15,16)/t4-,5+/m1/s1. The average molecular weight is 297 g/mol. The second kappa shape index (κ2) is 9.03. The monoisotopic (exact) mass is 297 g/mol. The number of carbonyl (C=O) groups is 3. The zero-order valence-electron chi connectivity index (χ0n) is 9.37. The van der Waals surface area contributed by atoms with Gasteiger partial charge in [0, 0.05) is 11.5 Å². The molecule has 1 amide bonds. The lowest BCUT2D eigenvalue weighted by Crippen LogP contribution is -2.45. The highest BCUT2D eigenvalue weighted by molar-refractivity contribution is 8.76. The fraction of sp³-hybridized carbons (Fsp3) is 0.625. The maximum absolute atomic E-state index is 10.9. The van der Waals surface area contributed by atoms with Gasteiger partial charge in [0.15, 0.2) is 0 Å². The van der Waals surface area contributed by atoms with Crippen LogP contribution < -0.4 is 16.8 Å². The summed E-state index contributed by atoms with van der Waals surface area (Å²) in [6.45, 7) is -0.286. The van der Waals surface area contributed by atoms with Crippen molar-refractivity contribution >= 4 is 39.4 Å². The van der Waals surface area contributed by atoms with E-state index in [1.807, 2.05) is 0 Å². The molecule has 0 aliphatic carbocycles. The lowest BCUT2D eigenvalue weighted by atomic mass is 10.3. The van der Waals surface area contributed by atoms with Crippen LogP contribution in [0.3, 0.4) is 0 Å². The molecular weight excluding hydrogens is 282 g/mol. The quantitative estimate of drug-likeness (QED) is 0.247. The number of amides is 1. The minimum atomic E-state index is -1.17. The van der Waals surface area contributed by atoms with E-state index in [0.29, 0.717) is 0 Å². The number of nitrogens with two attached hydrogens (primary N) is 2. The molecule has 0 saturated carbocycles. The van der Waals surface area contributed by atoms with Crippen LogP contribution in [0.25, 0.3) is 0 Å². The Morgan fingerprint density at radius 2 is 1.67 bits per heavy atom. The first kappa shape index (κ1) is 17.0. The molecule has 10 heteroatoms. The molecular formula is C8H15N3O5S2. The van der Waals surface area contributed by atoms with Crippen molar-refractivity contribution in [3.8, 4) is 0 Å². The fourth-order valence-corrected chi connectivity index (χ4v) is 3.01. The Balaban J connectivity index is 3.95. The molecule has 104 valence electrons. The Kier molecular flexibility index (Phi) is 8.54. The van der Waals surface area contributed by atoms with Gasteiger partial charge < -0.3 is 27.0 Å². The van der Waals surface area contributed by atoms with Crippen LogP contribution in [-0.2, 0) is 14.4 Å². The molecule has 0 saturated heterocycles. The highest BCUT2D eigenvalue weighted by atomic mass is 33.1. The van der Waals surface area contributed by atoms with Crippen LogP contribution in [0.15, 0.2) is 0 Å². The molecule has 0 aliphatic heterocycles. The van der Waals surface area contributed by atoms with Crippen molar-refractivity contribution in [3.05, 3.63) is 0 Å². The Morgan fingerprint density at radius 1 is 1.11 bits per heavy atom. The highest BCUT2D eigenvalue weighted by Crippen LogP contribution is 2.22. The molecule has 7 N–H and O–H groups in total. The van der Waals surface area contributed by atoms with Crippen LogP contribution in [0.2, 0.25) is 0 Å². The summed E-state index contributed by atoms with van der Waals surface area (Å²) in [5.41, 5.74) is 10.3. The third-order valence-corrected chi connectivity index (χ3v) is 4.15. The molecule has 0 aromatic heterocycles. The van der Waals surface area contributed by atoms with E-state index in [9.17, 15) is 14.4 Å². The molecule has 0 radical (unpaired) electrons. The van der Waals surface area contributed by atoms with Gasteiger partial charge in [-0.25, -0.2) is 4.79 Å². The Labute approximate surface area is 111 Å². The molecule has 0 bridgehead atoms. The SMILES string of the molecule is NCC(=O)N[C@@H](CSSC[C@@H](N)C(=O)O)C(=O)O. The second-order valence-electron chi connectivity index (χ2n) is 3.18. The number of nitrogens with one attached hydrogen (secondary N) is 1. The Hall–Kier alpha value is -0.970. The van der Waals surface area contributed by atoms with Crippen molar-refractivity contribution in [2.45, 2.75) is 12.1 Å². The van der Waals surface area contributed by atoms with E-state index in [-0.39, 0.29) is 18.1 Å². The van der Waals surface area contributed by atoms with Crippen molar-refractivity contribution in [3.63, 3.8) is 0 Å². The topological polar surface area (TPSA) is 156 Å². The minimum Gasteiger partial charge on any atom is -0.480 e. The lowest BCUT2D eigenvalue weighted by Gasteiger charge is -2.13. The largest absolute Gasteiger partial charge is 0.480 e. The van der Waals surface area contributed by atoms with Crippen molar-refractivity contribution < 1.29 is 24.6 Å². The van der Waals surface area contributed by atoms with E-state index >= 15 is 0 Å². The van der Waals surface area contributed by atoms with Crippen molar-refractivity contribution in [1.29, 1.82) is 0 Å². The first-order valence-corrected chi connectivity index (χ1v) is 7.32. The van der Waals surface area contributed by atoms with Crippen LogP contribution in [0.5, 0.6) is 0 Å². The molecule has 2 atom stereocenters. The summed E-state index contributed by atoms with van der Waals surface area (Å²) in [6.07, 6.45) is 0. The van der Waals surface area contributed by atoms with E-state index in [1.165, 1.54) is 0 Å². The summed E-state index contributed by atoms with van der Waals surface area (Å²) in [4.78, 5) is 32.1. The van der Waals surface area contributed by atoms with E-state index in [1.54, 1.807) is 0 Å². The van der Waals surface area contributed by atoms with Gasteiger partial charge in [0.2, 0.25) is 5.91 Å². The molecule has 8 nitrogen and oxygen atoms in total. The van der Waals surface area contributed by atoms with Crippen molar-refractivity contribution in [1.82, 2.24) is 5.32 Å². The summed E-state index contributed by atoms with van der Waals surface area (Å²) >= 11 is 0. The van der Waals surface area contributed by atoms with Crippen LogP contribution >= 0.6 is 21.6 Å². The summed E-state index contributed by atoms with van der Waals surface area (Å²) in [7, 11) is 2.26. The highest BCUT2D eigenvalue weighted by Gasteiger charge is 2.20. The number of carbonyl (C=O) groups excluding carboxylic acids is 1. The van der Waals surface area contributed by atoms with Gasteiger partial charge >= 0.3 is 11.9 Å². The predicted octanol–water partition coefficient (Wildman–Crippen LogP) is -1.69. The zero-order valence-corrected chi connectivity index (χ0v) is 11.0. The Morgan fingerprint density at radius 3 is 2.11 bits per heavy atom. The van der Waals surface area contributed by atoms with Crippen LogP contribution in [0.4, 0.5) is 0 Å². The molecule has 0 spiro atoms. The van der Waals surface area contributed by atoms with Gasteiger partial charge in [0.25, 0.3) is 0 Å². The molecule has 0 unspecified atom stereocenters. The van der Waals surface area contributed by atoms with Gasteiger partial charge in [0.05, 0.1) is 6.54 Å². The maximum atomic E-state index is 10.9. The number of aliphatic carboxylic acids is 2. The van der Waals surface area contributed by atoms with Gasteiger partial charge in [-0.15, -0.1) is 0 Å². The number of hydrogen-bond donors (Lipinski definition) is 5. The van der Waals surface area contributed by atoms with Gasteiger partial charge in [-0.1, -0.05) is 21.6 Å². The molecule has 0 fully saturated rings. The number of carboxylic acid groups (broad SMARTS) is 2. The third-order valence-electron chi connectivity index (χ3n) is 1.70. The van der Waals surface area contributed by atoms with E-state index in [0.717, 1.165) is 21.6 Å². The summed E-state index contributed by atoms with van der Waals surface area (Å²) in [5.74, 6) is -2.60. The molecule has 0 aromatic rings. The lowest BCUT2D eigenvalue weighted by molar-refractivity contribution is -0.141. The van der Waals surface area contributed by atoms with Gasteiger partial charge in [-0.3, -0.25) is 9.59 Å². The van der Waals surface area contributed by atoms with Crippen LogP contribution in [0.1, 0.15) is 0 Å². The Bertz CT molecular complexity index is 315. The average Bonchev–Trinajstić information content (AvgIpc) is 2.31. The summed E-state index contributed by atoms with van der Waals surface area (Å²) in [5, 5.41) is 19.6. The molecule has 0 heterocycles. The zero-order chi connectivity index (χ0) is 14.1. The van der Waals surface area contributed by atoms with Gasteiger partial charge in [-0.2, -0.15) is 0 Å². The minimum absolute atomic E-state index is 0.0953. The number of hydrogen-bond acceptors (Lipinski definition) is 7. The van der Waals surface area contributed by atoms with E-state index in [4.69, 9.17) is 21.7 Å². The fourth-order valence-electron chi connectivity index (χ4n) is 0.737. The normalized spacial score (nSPS) is 13.7. The first-order valence-electron chi connectivity index (χ1n) is 4.83. The van der Waals surface area contributed by atoms with E-state index in [2.05, 4.69) is 5.32 Å². The second-order valence-corrected chi connectivity index (χ2v) is 5.73. The molecule has 18 heavy (non-hydrogen) atoms.